The van der Waals surface area contributed by atoms with Gasteiger partial charge in [-0.3, -0.25) is 9.59 Å². The van der Waals surface area contributed by atoms with E-state index < -0.39 is 17.5 Å². The Kier molecular flexibility index (Phi) is 5.08. The van der Waals surface area contributed by atoms with E-state index in [1.807, 2.05) is 0 Å². The Hall–Kier alpha value is -2.02. The average molecular weight is 338 g/mol. The summed E-state index contributed by atoms with van der Waals surface area (Å²) in [5.74, 6) is -2.02. The van der Waals surface area contributed by atoms with Gasteiger partial charge in [0.15, 0.2) is 0 Å². The van der Waals surface area contributed by atoms with E-state index in [1.54, 1.807) is 4.90 Å². The summed E-state index contributed by atoms with van der Waals surface area (Å²) in [6.07, 6.45) is 2.28. The second-order valence-corrected chi connectivity index (χ2v) is 6.14. The van der Waals surface area contributed by atoms with E-state index in [-0.39, 0.29) is 17.6 Å². The molecule has 24 heavy (non-hydrogen) atoms. The van der Waals surface area contributed by atoms with E-state index >= 15 is 0 Å². The molecular weight excluding hydrogens is 318 g/mol. The number of benzene rings is 1. The van der Waals surface area contributed by atoms with Gasteiger partial charge in [-0.05, 0) is 25.0 Å². The molecule has 2 aliphatic heterocycles. The molecule has 2 saturated heterocycles. The summed E-state index contributed by atoms with van der Waals surface area (Å²) in [5.41, 5.74) is -0.143. The first-order valence-electron chi connectivity index (χ1n) is 8.18. The van der Waals surface area contributed by atoms with Gasteiger partial charge >= 0.3 is 0 Å². The van der Waals surface area contributed by atoms with Crippen molar-refractivity contribution in [3.05, 3.63) is 35.4 Å². The lowest BCUT2D eigenvalue weighted by atomic mass is 10.1. The number of piperazine rings is 1. The number of hydrogen-bond donors (Lipinski definition) is 0. The number of ether oxygens (including phenoxy) is 1. The molecule has 2 aliphatic rings. The van der Waals surface area contributed by atoms with Crippen molar-refractivity contribution < 1.29 is 23.1 Å². The van der Waals surface area contributed by atoms with Crippen LogP contribution >= 0.6 is 0 Å². The van der Waals surface area contributed by atoms with Crippen molar-refractivity contribution in [2.75, 3.05) is 32.8 Å². The first kappa shape index (κ1) is 16.8. The van der Waals surface area contributed by atoms with Crippen molar-refractivity contribution in [1.82, 2.24) is 9.80 Å². The quantitative estimate of drug-likeness (QED) is 0.845. The Morgan fingerprint density at radius 1 is 1.12 bits per heavy atom. The van der Waals surface area contributed by atoms with Gasteiger partial charge in [0.05, 0.1) is 18.1 Å². The molecule has 2 amide bonds. The van der Waals surface area contributed by atoms with Crippen LogP contribution in [0.25, 0.3) is 0 Å². The van der Waals surface area contributed by atoms with E-state index in [4.69, 9.17) is 4.74 Å². The van der Waals surface area contributed by atoms with Crippen molar-refractivity contribution in [2.24, 2.45) is 0 Å². The lowest BCUT2D eigenvalue weighted by Crippen LogP contribution is -2.51. The lowest BCUT2D eigenvalue weighted by molar-refractivity contribution is -0.134. The zero-order valence-electron chi connectivity index (χ0n) is 13.3. The highest BCUT2D eigenvalue weighted by Crippen LogP contribution is 2.18. The fourth-order valence-corrected chi connectivity index (χ4v) is 3.12. The van der Waals surface area contributed by atoms with Crippen LogP contribution in [0.15, 0.2) is 18.2 Å². The number of amides is 2. The molecule has 2 heterocycles. The predicted octanol–water partition coefficient (Wildman–Crippen LogP) is 1.82. The topological polar surface area (TPSA) is 49.9 Å². The molecule has 7 heteroatoms. The van der Waals surface area contributed by atoms with Crippen LogP contribution in [0.4, 0.5) is 8.78 Å². The SMILES string of the molecule is O=C(CC1CCCO1)N1CCN(C(=O)c2ccc(F)cc2F)CC1. The molecule has 0 bridgehead atoms. The van der Waals surface area contributed by atoms with Crippen LogP contribution in [-0.2, 0) is 9.53 Å². The molecule has 1 aromatic rings. The van der Waals surface area contributed by atoms with Crippen molar-refractivity contribution in [2.45, 2.75) is 25.4 Å². The second-order valence-electron chi connectivity index (χ2n) is 6.14. The lowest BCUT2D eigenvalue weighted by Gasteiger charge is -2.35. The number of rotatable bonds is 3. The molecule has 0 saturated carbocycles. The third-order valence-electron chi connectivity index (χ3n) is 4.51. The highest BCUT2D eigenvalue weighted by Gasteiger charge is 2.28. The number of hydrogen-bond acceptors (Lipinski definition) is 3. The monoisotopic (exact) mass is 338 g/mol. The van der Waals surface area contributed by atoms with Crippen LogP contribution in [0.1, 0.15) is 29.6 Å². The third-order valence-corrected chi connectivity index (χ3v) is 4.51. The predicted molar refractivity (Wildman–Crippen MR) is 82.4 cm³/mol. The molecule has 130 valence electrons. The normalized spacial score (nSPS) is 21.2. The molecule has 5 nitrogen and oxygen atoms in total. The summed E-state index contributed by atoms with van der Waals surface area (Å²) < 4.78 is 32.1. The van der Waals surface area contributed by atoms with Gasteiger partial charge in [-0.15, -0.1) is 0 Å². The molecule has 2 fully saturated rings. The second kappa shape index (κ2) is 7.25. The Labute approximate surface area is 139 Å². The summed E-state index contributed by atoms with van der Waals surface area (Å²) in [5, 5.41) is 0. The van der Waals surface area contributed by atoms with Gasteiger partial charge in [0, 0.05) is 38.9 Å². The summed E-state index contributed by atoms with van der Waals surface area (Å²) in [6.45, 7) is 2.23. The number of carbonyl (C=O) groups is 2. The molecule has 0 aromatic heterocycles. The maximum Gasteiger partial charge on any atom is 0.256 e. The van der Waals surface area contributed by atoms with Crippen LogP contribution in [0.3, 0.4) is 0 Å². The minimum atomic E-state index is -0.864. The zero-order chi connectivity index (χ0) is 17.1. The summed E-state index contributed by atoms with van der Waals surface area (Å²) >= 11 is 0. The van der Waals surface area contributed by atoms with Gasteiger partial charge in [0.1, 0.15) is 11.6 Å². The molecule has 0 radical (unpaired) electrons. The highest BCUT2D eigenvalue weighted by atomic mass is 19.1. The van der Waals surface area contributed by atoms with Crippen LogP contribution in [0, 0.1) is 11.6 Å². The van der Waals surface area contributed by atoms with Gasteiger partial charge in [-0.2, -0.15) is 0 Å². The minimum absolute atomic E-state index is 0.00507. The van der Waals surface area contributed by atoms with E-state index in [1.165, 1.54) is 4.90 Å². The van der Waals surface area contributed by atoms with Crippen molar-refractivity contribution in [3.63, 3.8) is 0 Å². The van der Waals surface area contributed by atoms with Gasteiger partial charge in [0.25, 0.3) is 5.91 Å². The van der Waals surface area contributed by atoms with Gasteiger partial charge in [-0.1, -0.05) is 0 Å². The number of carbonyl (C=O) groups excluding carboxylic acids is 2. The first-order chi connectivity index (χ1) is 11.5. The fourth-order valence-electron chi connectivity index (χ4n) is 3.12. The average Bonchev–Trinajstić information content (AvgIpc) is 3.07. The van der Waals surface area contributed by atoms with E-state index in [0.29, 0.717) is 45.3 Å². The van der Waals surface area contributed by atoms with Gasteiger partial charge < -0.3 is 14.5 Å². The van der Waals surface area contributed by atoms with Crippen LogP contribution in [0.2, 0.25) is 0 Å². The van der Waals surface area contributed by atoms with E-state index in [9.17, 15) is 18.4 Å². The Balaban J connectivity index is 1.54. The van der Waals surface area contributed by atoms with Crippen molar-refractivity contribution >= 4 is 11.8 Å². The Morgan fingerprint density at radius 3 is 2.46 bits per heavy atom. The molecule has 0 aliphatic carbocycles. The van der Waals surface area contributed by atoms with Crippen LogP contribution in [0.5, 0.6) is 0 Å². The largest absolute Gasteiger partial charge is 0.378 e. The molecule has 0 N–H and O–H groups in total. The molecule has 1 atom stereocenters. The maximum atomic E-state index is 13.7. The van der Waals surface area contributed by atoms with Gasteiger partial charge in [-0.25, -0.2) is 8.78 Å². The summed E-state index contributed by atoms with van der Waals surface area (Å²) in [4.78, 5) is 27.8. The number of halogens is 2. The van der Waals surface area contributed by atoms with Gasteiger partial charge in [0.2, 0.25) is 5.91 Å². The minimum Gasteiger partial charge on any atom is -0.378 e. The smallest absolute Gasteiger partial charge is 0.256 e. The fraction of sp³-hybridized carbons (Fsp3) is 0.529. The molecule has 1 aromatic carbocycles. The zero-order valence-corrected chi connectivity index (χ0v) is 13.3. The summed E-state index contributed by atoms with van der Waals surface area (Å²) in [6, 6.07) is 2.92. The first-order valence-corrected chi connectivity index (χ1v) is 8.18. The van der Waals surface area contributed by atoms with Crippen LogP contribution < -0.4 is 0 Å². The Morgan fingerprint density at radius 2 is 1.83 bits per heavy atom. The van der Waals surface area contributed by atoms with Crippen molar-refractivity contribution in [3.8, 4) is 0 Å². The van der Waals surface area contributed by atoms with E-state index in [0.717, 1.165) is 25.0 Å². The van der Waals surface area contributed by atoms with E-state index in [2.05, 4.69) is 0 Å². The van der Waals surface area contributed by atoms with Crippen LogP contribution in [-0.4, -0.2) is 60.5 Å². The number of nitrogens with zero attached hydrogens (tertiary/aromatic N) is 2. The highest BCUT2D eigenvalue weighted by molar-refractivity contribution is 5.94. The Bertz CT molecular complexity index is 624. The molecule has 1 unspecified atom stereocenters. The third kappa shape index (κ3) is 3.72. The maximum absolute atomic E-state index is 13.7. The summed E-state index contributed by atoms with van der Waals surface area (Å²) in [7, 11) is 0. The van der Waals surface area contributed by atoms with Crippen molar-refractivity contribution in [1.29, 1.82) is 0 Å². The molecule has 3 rings (SSSR count). The molecule has 0 spiro atoms. The standard InChI is InChI=1S/C17H20F2N2O3/c18-12-3-4-14(15(19)10-12)17(23)21-7-5-20(6-8-21)16(22)11-13-2-1-9-24-13/h3-4,10,13H,1-2,5-9,11H2. The molecular formula is C17H20F2N2O3.